The Bertz CT molecular complexity index is 899. The Balaban J connectivity index is 1.85. The number of hydrogen-bond donors (Lipinski definition) is 1. The molecule has 2 amide bonds. The van der Waals surface area contributed by atoms with Crippen LogP contribution in [0, 0.1) is 10.1 Å². The van der Waals surface area contributed by atoms with Gasteiger partial charge in [0.05, 0.1) is 10.6 Å². The lowest BCUT2D eigenvalue weighted by atomic mass is 10.1. The number of hydrogen-bond acceptors (Lipinski definition) is 8. The molecule has 10 nitrogen and oxygen atoms in total. The first kappa shape index (κ1) is 18.7. The minimum atomic E-state index is -0.750. The van der Waals surface area contributed by atoms with Crippen molar-refractivity contribution in [3.05, 3.63) is 33.3 Å². The van der Waals surface area contributed by atoms with E-state index in [-0.39, 0.29) is 17.9 Å². The van der Waals surface area contributed by atoms with E-state index in [4.69, 9.17) is 4.74 Å². The number of benzene rings is 1. The standard InChI is InChI=1S/C16H17N5O5S/c1-3-11-15(23)20(8-13(22)17-16-19-18-14(4-2)27-16)10-7-9(21(24)25)5-6-12(10)26-11/h5-7,11H,3-4,8H2,1-2H3,(H,17,19,22). The quantitative estimate of drug-likeness (QED) is 0.590. The third-order valence-corrected chi connectivity index (χ3v) is 4.93. The Morgan fingerprint density at radius 2 is 2.19 bits per heavy atom. The molecule has 0 aliphatic carbocycles. The van der Waals surface area contributed by atoms with Gasteiger partial charge < -0.3 is 4.74 Å². The minimum absolute atomic E-state index is 0.192. The summed E-state index contributed by atoms with van der Waals surface area (Å²) < 4.78 is 5.61. The van der Waals surface area contributed by atoms with Gasteiger partial charge in [0.15, 0.2) is 6.10 Å². The van der Waals surface area contributed by atoms with Crippen LogP contribution in [0.3, 0.4) is 0 Å². The Labute approximate surface area is 158 Å². The minimum Gasteiger partial charge on any atom is -0.478 e. The number of nitrogens with zero attached hydrogens (tertiary/aromatic N) is 4. The van der Waals surface area contributed by atoms with Crippen molar-refractivity contribution in [2.45, 2.75) is 32.8 Å². The van der Waals surface area contributed by atoms with Crippen LogP contribution >= 0.6 is 11.3 Å². The maximum Gasteiger partial charge on any atom is 0.271 e. The molecule has 1 N–H and O–H groups in total. The number of anilines is 2. The average Bonchev–Trinajstić information content (AvgIpc) is 3.10. The smallest absolute Gasteiger partial charge is 0.271 e. The highest BCUT2D eigenvalue weighted by Gasteiger charge is 2.35. The second kappa shape index (κ2) is 7.66. The fraction of sp³-hybridized carbons (Fsp3) is 0.375. The summed E-state index contributed by atoms with van der Waals surface area (Å²) in [5, 5.41) is 22.6. The van der Waals surface area contributed by atoms with Crippen LogP contribution in [-0.4, -0.2) is 39.6 Å². The molecule has 0 saturated carbocycles. The van der Waals surface area contributed by atoms with E-state index in [1.54, 1.807) is 6.92 Å². The first-order valence-corrected chi connectivity index (χ1v) is 9.13. The lowest BCUT2D eigenvalue weighted by Crippen LogP contribution is -2.48. The Kier molecular flexibility index (Phi) is 5.31. The van der Waals surface area contributed by atoms with Gasteiger partial charge in [-0.15, -0.1) is 10.2 Å². The van der Waals surface area contributed by atoms with Crippen molar-refractivity contribution in [1.29, 1.82) is 0 Å². The summed E-state index contributed by atoms with van der Waals surface area (Å²) in [7, 11) is 0. The second-order valence-electron chi connectivity index (χ2n) is 5.75. The fourth-order valence-electron chi connectivity index (χ4n) is 2.60. The van der Waals surface area contributed by atoms with Crippen molar-refractivity contribution in [3.8, 4) is 5.75 Å². The molecule has 1 unspecified atom stereocenters. The number of aryl methyl sites for hydroxylation is 1. The van der Waals surface area contributed by atoms with Crippen LogP contribution in [0.15, 0.2) is 18.2 Å². The molecule has 142 valence electrons. The van der Waals surface area contributed by atoms with Gasteiger partial charge in [-0.3, -0.25) is 29.9 Å². The number of non-ortho nitro benzene ring substituents is 1. The Morgan fingerprint density at radius 1 is 1.41 bits per heavy atom. The number of nitrogens with one attached hydrogen (secondary N) is 1. The third-order valence-electron chi connectivity index (χ3n) is 3.94. The van der Waals surface area contributed by atoms with Gasteiger partial charge in [0.1, 0.15) is 17.3 Å². The number of amides is 2. The summed E-state index contributed by atoms with van der Waals surface area (Å²) in [6.45, 7) is 3.39. The highest BCUT2D eigenvalue weighted by atomic mass is 32.1. The molecule has 3 rings (SSSR count). The predicted molar refractivity (Wildman–Crippen MR) is 98.1 cm³/mol. The van der Waals surface area contributed by atoms with Gasteiger partial charge in [0.25, 0.3) is 11.6 Å². The molecule has 0 radical (unpaired) electrons. The number of aromatic nitrogens is 2. The van der Waals surface area contributed by atoms with Crippen LogP contribution < -0.4 is 15.0 Å². The third kappa shape index (κ3) is 3.87. The van der Waals surface area contributed by atoms with Crippen molar-refractivity contribution in [1.82, 2.24) is 10.2 Å². The van der Waals surface area contributed by atoms with Gasteiger partial charge in [0, 0.05) is 12.1 Å². The maximum atomic E-state index is 12.7. The average molecular weight is 391 g/mol. The van der Waals surface area contributed by atoms with E-state index in [1.807, 2.05) is 6.92 Å². The van der Waals surface area contributed by atoms with E-state index in [9.17, 15) is 19.7 Å². The molecule has 2 heterocycles. The summed E-state index contributed by atoms with van der Waals surface area (Å²) in [5.41, 5.74) is 0.00257. The van der Waals surface area contributed by atoms with Crippen LogP contribution in [0.25, 0.3) is 0 Å². The first-order valence-electron chi connectivity index (χ1n) is 8.31. The zero-order chi connectivity index (χ0) is 19.6. The molecule has 2 aromatic rings. The highest BCUT2D eigenvalue weighted by molar-refractivity contribution is 7.15. The van der Waals surface area contributed by atoms with Gasteiger partial charge in [-0.25, -0.2) is 0 Å². The molecule has 27 heavy (non-hydrogen) atoms. The summed E-state index contributed by atoms with van der Waals surface area (Å²) in [6, 6.07) is 3.96. The van der Waals surface area contributed by atoms with E-state index in [0.717, 1.165) is 5.01 Å². The molecule has 0 fully saturated rings. The number of ether oxygens (including phenoxy) is 1. The second-order valence-corrected chi connectivity index (χ2v) is 6.81. The lowest BCUT2D eigenvalue weighted by molar-refractivity contribution is -0.384. The van der Waals surface area contributed by atoms with Gasteiger partial charge in [-0.1, -0.05) is 25.2 Å². The molecule has 1 aromatic carbocycles. The summed E-state index contributed by atoms with van der Waals surface area (Å²) in [5.74, 6) is -0.576. The number of fused-ring (bicyclic) bond motifs is 1. The number of carbonyl (C=O) groups excluding carboxylic acids is 2. The number of rotatable bonds is 6. The molecule has 1 aromatic heterocycles. The zero-order valence-corrected chi connectivity index (χ0v) is 15.5. The molecule has 1 aliphatic heterocycles. The van der Waals surface area contributed by atoms with Gasteiger partial charge in [-0.05, 0) is 18.9 Å². The Morgan fingerprint density at radius 3 is 2.81 bits per heavy atom. The van der Waals surface area contributed by atoms with E-state index >= 15 is 0 Å². The van der Waals surface area contributed by atoms with Crippen LogP contribution in [0.1, 0.15) is 25.3 Å². The van der Waals surface area contributed by atoms with Crippen molar-refractivity contribution >= 4 is 39.7 Å². The summed E-state index contributed by atoms with van der Waals surface area (Å²) in [4.78, 5) is 36.8. The van der Waals surface area contributed by atoms with Crippen LogP contribution in [0.4, 0.5) is 16.5 Å². The number of carbonyl (C=O) groups is 2. The summed E-state index contributed by atoms with van der Waals surface area (Å²) in [6.07, 6.45) is 0.355. The molecule has 1 atom stereocenters. The maximum absolute atomic E-state index is 12.7. The molecule has 0 bridgehead atoms. The SMILES string of the molecule is CCc1nnc(NC(=O)CN2C(=O)C(CC)Oc3ccc([N+](=O)[O-])cc32)s1. The van der Waals surface area contributed by atoms with Crippen molar-refractivity contribution < 1.29 is 19.2 Å². The first-order chi connectivity index (χ1) is 12.9. The highest BCUT2D eigenvalue weighted by Crippen LogP contribution is 2.37. The molecular weight excluding hydrogens is 374 g/mol. The van der Waals surface area contributed by atoms with Crippen molar-refractivity contribution in [3.63, 3.8) is 0 Å². The van der Waals surface area contributed by atoms with Crippen LogP contribution in [0.2, 0.25) is 0 Å². The van der Waals surface area contributed by atoms with Crippen molar-refractivity contribution in [2.24, 2.45) is 0 Å². The van der Waals surface area contributed by atoms with E-state index in [2.05, 4.69) is 15.5 Å². The van der Waals surface area contributed by atoms with Crippen LogP contribution in [0.5, 0.6) is 5.75 Å². The van der Waals surface area contributed by atoms with Crippen LogP contribution in [-0.2, 0) is 16.0 Å². The summed E-state index contributed by atoms with van der Waals surface area (Å²) >= 11 is 1.25. The molecule has 1 aliphatic rings. The topological polar surface area (TPSA) is 128 Å². The fourth-order valence-corrected chi connectivity index (χ4v) is 3.29. The normalized spacial score (nSPS) is 15.9. The lowest BCUT2D eigenvalue weighted by Gasteiger charge is -2.33. The molecular formula is C16H17N5O5S. The molecule has 0 spiro atoms. The monoisotopic (exact) mass is 391 g/mol. The van der Waals surface area contributed by atoms with Gasteiger partial charge in [0.2, 0.25) is 11.0 Å². The largest absolute Gasteiger partial charge is 0.478 e. The van der Waals surface area contributed by atoms with E-state index in [1.165, 1.54) is 34.4 Å². The molecule has 11 heteroatoms. The molecule has 0 saturated heterocycles. The van der Waals surface area contributed by atoms with Gasteiger partial charge in [-0.2, -0.15) is 0 Å². The Hall–Kier alpha value is -3.08. The van der Waals surface area contributed by atoms with Gasteiger partial charge >= 0.3 is 0 Å². The van der Waals surface area contributed by atoms with E-state index < -0.39 is 22.8 Å². The number of nitro benzene ring substituents is 1. The number of nitro groups is 1. The van der Waals surface area contributed by atoms with Crippen molar-refractivity contribution in [2.75, 3.05) is 16.8 Å². The van der Waals surface area contributed by atoms with E-state index in [0.29, 0.717) is 23.7 Å². The predicted octanol–water partition coefficient (Wildman–Crippen LogP) is 2.15. The zero-order valence-electron chi connectivity index (χ0n) is 14.7.